The molecule has 0 aliphatic heterocycles. The third-order valence-electron chi connectivity index (χ3n) is 0.0714. The minimum absolute atomic E-state index is 0. The van der Waals surface area contributed by atoms with Gasteiger partial charge in [-0.15, -0.1) is 23.2 Å². The maximum atomic E-state index is 5.05. The van der Waals surface area contributed by atoms with E-state index < -0.39 is 0 Å². The Balaban J connectivity index is -0.00000000750. The van der Waals surface area contributed by atoms with E-state index in [1.165, 1.54) is 0 Å². The first-order valence-electron chi connectivity index (χ1n) is 1.03. The molecule has 0 atom stereocenters. The maximum Gasteiger partial charge on any atom is 0.0359 e. The van der Waals surface area contributed by atoms with Gasteiger partial charge in [0.15, 0.2) is 0 Å². The van der Waals surface area contributed by atoms with Gasteiger partial charge in [-0.05, 0) is 0 Å². The van der Waals surface area contributed by atoms with Crippen LogP contribution in [0.2, 0.25) is 0 Å². The van der Waals surface area contributed by atoms with Crippen molar-refractivity contribution < 1.29 is 0 Å². The molecule has 4 radical (unpaired) electrons. The van der Waals surface area contributed by atoms with Crippen molar-refractivity contribution in [1.82, 2.24) is 0 Å². The summed E-state index contributed by atoms with van der Waals surface area (Å²) in [5, 5.41) is 0. The van der Waals surface area contributed by atoms with Crippen molar-refractivity contribution in [2.45, 2.75) is 0 Å². The first-order valence-corrected chi connectivity index (χ1v) is 2.10. The molecule has 0 unspecified atom stereocenters. The number of hydrogen-bond acceptors (Lipinski definition) is 0. The van der Waals surface area contributed by atoms with Crippen LogP contribution in [0.15, 0.2) is 0 Å². The second-order valence-electron chi connectivity index (χ2n) is 0.378. The molecule has 0 aromatic heterocycles. The summed E-state index contributed by atoms with van der Waals surface area (Å²) in [5.41, 5.74) is 0. The smallest absolute Gasteiger partial charge is 0.0359 e. The molecule has 0 nitrogen and oxygen atoms in total. The van der Waals surface area contributed by atoms with E-state index in [2.05, 4.69) is 0 Å². The number of halogens is 2. The van der Waals surface area contributed by atoms with Crippen molar-refractivity contribution in [1.29, 1.82) is 0 Å². The summed E-state index contributed by atoms with van der Waals surface area (Å²) in [7, 11) is 0. The Hall–Kier alpha value is 4.58. The van der Waals surface area contributed by atoms with E-state index in [4.69, 9.17) is 23.2 Å². The van der Waals surface area contributed by atoms with E-state index in [-0.39, 0.29) is 118 Å². The molecule has 0 bridgehead atoms. The second kappa shape index (κ2) is 29.9. The Morgan fingerprint density at radius 1 is 0.625 bits per heavy atom. The molecule has 30 valence electrons. The third kappa shape index (κ3) is 31.2. The average Bonchev–Trinajstić information content (AvgIpc) is 1.37. The predicted molar refractivity (Wildman–Crippen MR) is 44.5 cm³/mol. The molecular weight excluding hydrogens is 187 g/mol. The monoisotopic (exact) mass is 190 g/mol. The standard InChI is InChI=1S/C2H4Cl2.4Na/c3-1-2-4;;;;/h1-2H2;;;;. The van der Waals surface area contributed by atoms with Crippen molar-refractivity contribution >= 4 is 141 Å². The summed E-state index contributed by atoms with van der Waals surface area (Å²) < 4.78 is 0. The summed E-state index contributed by atoms with van der Waals surface area (Å²) in [4.78, 5) is 0. The zero-order valence-electron chi connectivity index (χ0n) is 6.17. The summed E-state index contributed by atoms with van der Waals surface area (Å²) in [5.74, 6) is 1.11. The van der Waals surface area contributed by atoms with Crippen molar-refractivity contribution in [2.75, 3.05) is 11.8 Å². The van der Waals surface area contributed by atoms with Gasteiger partial charge in [-0.2, -0.15) is 0 Å². The molecule has 0 heterocycles. The molecule has 0 spiro atoms. The van der Waals surface area contributed by atoms with Crippen LogP contribution in [0.1, 0.15) is 0 Å². The topological polar surface area (TPSA) is 0 Å². The van der Waals surface area contributed by atoms with Crippen LogP contribution in [-0.2, 0) is 0 Å². The van der Waals surface area contributed by atoms with Crippen LogP contribution in [0.3, 0.4) is 0 Å². The summed E-state index contributed by atoms with van der Waals surface area (Å²) in [6.45, 7) is 0. The zero-order valence-corrected chi connectivity index (χ0v) is 15.7. The molecule has 0 saturated heterocycles. The molecule has 0 rings (SSSR count). The van der Waals surface area contributed by atoms with Gasteiger partial charge in [-0.3, -0.25) is 0 Å². The van der Waals surface area contributed by atoms with E-state index in [1.807, 2.05) is 0 Å². The Kier molecular flexibility index (Phi) is 110. The Morgan fingerprint density at radius 3 is 0.750 bits per heavy atom. The van der Waals surface area contributed by atoms with Crippen molar-refractivity contribution in [3.8, 4) is 0 Å². The van der Waals surface area contributed by atoms with Gasteiger partial charge in [-0.25, -0.2) is 0 Å². The van der Waals surface area contributed by atoms with Gasteiger partial charge in [0.2, 0.25) is 0 Å². The zero-order chi connectivity index (χ0) is 3.41. The van der Waals surface area contributed by atoms with Crippen LogP contribution in [0, 0.1) is 0 Å². The number of hydrogen-bond donors (Lipinski definition) is 0. The normalized spacial score (nSPS) is 3.75. The molecule has 8 heavy (non-hydrogen) atoms. The molecule has 0 aromatic rings. The van der Waals surface area contributed by atoms with Gasteiger partial charge < -0.3 is 0 Å². The van der Waals surface area contributed by atoms with E-state index in [9.17, 15) is 0 Å². The van der Waals surface area contributed by atoms with Gasteiger partial charge in [0.05, 0.1) is 0 Å². The molecule has 6 heteroatoms. The fourth-order valence-electron chi connectivity index (χ4n) is 0. The van der Waals surface area contributed by atoms with Crippen LogP contribution in [0.5, 0.6) is 0 Å². The maximum absolute atomic E-state index is 5.05. The fourth-order valence-corrected chi connectivity index (χ4v) is 0. The molecule has 0 aliphatic carbocycles. The second-order valence-corrected chi connectivity index (χ2v) is 1.13. The SMILES string of the molecule is ClCCCl.[Na].[Na].[Na].[Na]. The van der Waals surface area contributed by atoms with Gasteiger partial charge in [0.25, 0.3) is 0 Å². The molecule has 0 amide bonds. The number of alkyl halides is 2. The largest absolute Gasteiger partial charge is 0.125 e. The van der Waals surface area contributed by atoms with Crippen LogP contribution >= 0.6 is 23.2 Å². The van der Waals surface area contributed by atoms with Gasteiger partial charge in [-0.1, -0.05) is 0 Å². The Bertz CT molecular complexity index is 14.0. The van der Waals surface area contributed by atoms with Gasteiger partial charge >= 0.3 is 0 Å². The van der Waals surface area contributed by atoms with Gasteiger partial charge in [0, 0.05) is 130 Å². The van der Waals surface area contributed by atoms with Crippen molar-refractivity contribution in [3.63, 3.8) is 0 Å². The van der Waals surface area contributed by atoms with E-state index in [0.717, 1.165) is 0 Å². The molecule has 0 aliphatic rings. The predicted octanol–water partition coefficient (Wildman–Crippen LogP) is -0.0592. The average molecular weight is 191 g/mol. The first kappa shape index (κ1) is 29.4. The molecule has 0 fully saturated rings. The van der Waals surface area contributed by atoms with Crippen LogP contribution < -0.4 is 0 Å². The molecular formula is C2H4Cl2Na4. The quantitative estimate of drug-likeness (QED) is 0.402. The van der Waals surface area contributed by atoms with Gasteiger partial charge in [0.1, 0.15) is 0 Å². The van der Waals surface area contributed by atoms with E-state index in [1.54, 1.807) is 0 Å². The molecule has 0 N–H and O–H groups in total. The van der Waals surface area contributed by atoms with E-state index >= 15 is 0 Å². The summed E-state index contributed by atoms with van der Waals surface area (Å²) in [6.07, 6.45) is 0. The Morgan fingerprint density at radius 2 is 0.750 bits per heavy atom. The van der Waals surface area contributed by atoms with Crippen LogP contribution in [-0.4, -0.2) is 130 Å². The van der Waals surface area contributed by atoms with E-state index in [0.29, 0.717) is 11.8 Å². The molecule has 0 aromatic carbocycles. The number of rotatable bonds is 1. The van der Waals surface area contributed by atoms with Crippen molar-refractivity contribution in [3.05, 3.63) is 0 Å². The summed E-state index contributed by atoms with van der Waals surface area (Å²) in [6, 6.07) is 0. The fraction of sp³-hybridized carbons (Fsp3) is 1.00. The minimum atomic E-state index is 0. The third-order valence-corrected chi connectivity index (χ3v) is 0.643. The van der Waals surface area contributed by atoms with Crippen LogP contribution in [0.4, 0.5) is 0 Å². The van der Waals surface area contributed by atoms with Crippen LogP contribution in [0.25, 0.3) is 0 Å². The molecule has 0 saturated carbocycles. The summed E-state index contributed by atoms with van der Waals surface area (Å²) >= 11 is 10.1. The van der Waals surface area contributed by atoms with Crippen molar-refractivity contribution in [2.24, 2.45) is 0 Å². The first-order chi connectivity index (χ1) is 1.91. The minimum Gasteiger partial charge on any atom is -0.125 e. The Labute approximate surface area is 149 Å².